The molecule has 1 aromatic carbocycles. The van der Waals surface area contributed by atoms with Crippen LogP contribution in [0.15, 0.2) is 18.2 Å². The van der Waals surface area contributed by atoms with Crippen LogP contribution < -0.4 is 11.1 Å². The second-order valence-corrected chi connectivity index (χ2v) is 4.72. The zero-order valence-corrected chi connectivity index (χ0v) is 11.5. The van der Waals surface area contributed by atoms with Crippen molar-refractivity contribution in [1.82, 2.24) is 5.32 Å². The Bertz CT molecular complexity index is 540. The van der Waals surface area contributed by atoms with Crippen molar-refractivity contribution in [1.29, 1.82) is 0 Å². The monoisotopic (exact) mass is 278 g/mol. The molecular formula is C14H18N2O4. The minimum atomic E-state index is -1.29. The van der Waals surface area contributed by atoms with E-state index in [4.69, 9.17) is 10.8 Å². The number of hydrogen-bond acceptors (Lipinski definition) is 3. The van der Waals surface area contributed by atoms with Crippen molar-refractivity contribution >= 4 is 17.8 Å². The Labute approximate surface area is 117 Å². The Hall–Kier alpha value is -2.37. The molecule has 1 aromatic rings. The molecule has 6 heteroatoms. The Morgan fingerprint density at radius 2 is 1.90 bits per heavy atom. The summed E-state index contributed by atoms with van der Waals surface area (Å²) < 4.78 is 0. The van der Waals surface area contributed by atoms with Gasteiger partial charge < -0.3 is 16.2 Å². The molecule has 0 aliphatic carbocycles. The van der Waals surface area contributed by atoms with Gasteiger partial charge in [0.25, 0.3) is 0 Å². The van der Waals surface area contributed by atoms with E-state index in [0.29, 0.717) is 0 Å². The Kier molecular flexibility index (Phi) is 5.25. The number of benzene rings is 1. The topological polar surface area (TPSA) is 109 Å². The zero-order valence-electron chi connectivity index (χ0n) is 11.5. The summed E-state index contributed by atoms with van der Waals surface area (Å²) in [6.45, 7) is 3.90. The van der Waals surface area contributed by atoms with Gasteiger partial charge in [-0.25, -0.2) is 4.79 Å². The molecule has 20 heavy (non-hydrogen) atoms. The third-order valence-corrected chi connectivity index (χ3v) is 2.97. The van der Waals surface area contributed by atoms with Gasteiger partial charge in [0.15, 0.2) is 0 Å². The van der Waals surface area contributed by atoms with E-state index in [2.05, 4.69) is 5.32 Å². The summed E-state index contributed by atoms with van der Waals surface area (Å²) in [4.78, 5) is 33.4. The number of aliphatic carboxylic acids is 1. The molecule has 108 valence electrons. The summed E-state index contributed by atoms with van der Waals surface area (Å²) >= 11 is 0. The van der Waals surface area contributed by atoms with E-state index in [9.17, 15) is 14.4 Å². The number of rotatable bonds is 6. The predicted octanol–water partition coefficient (Wildman–Crippen LogP) is 0.291. The van der Waals surface area contributed by atoms with E-state index < -0.39 is 30.2 Å². The van der Waals surface area contributed by atoms with Gasteiger partial charge >= 0.3 is 5.97 Å². The summed E-state index contributed by atoms with van der Waals surface area (Å²) in [6.07, 6.45) is -0.363. The molecule has 0 spiro atoms. The van der Waals surface area contributed by atoms with E-state index in [1.165, 1.54) is 0 Å². The molecule has 0 heterocycles. The van der Waals surface area contributed by atoms with Gasteiger partial charge in [0.05, 0.1) is 12.8 Å². The van der Waals surface area contributed by atoms with Gasteiger partial charge in [0.1, 0.15) is 6.04 Å². The van der Waals surface area contributed by atoms with Crippen molar-refractivity contribution in [2.24, 2.45) is 5.73 Å². The maximum atomic E-state index is 11.8. The number of aryl methyl sites for hydroxylation is 2. The fourth-order valence-electron chi connectivity index (χ4n) is 1.75. The number of carbonyl (C=O) groups excluding carboxylic acids is 2. The summed E-state index contributed by atoms with van der Waals surface area (Å²) in [6, 6.07) is 4.30. The highest BCUT2D eigenvalue weighted by molar-refractivity contribution is 5.88. The number of nitrogens with one attached hydrogen (secondary N) is 1. The lowest BCUT2D eigenvalue weighted by Crippen LogP contribution is -2.43. The highest BCUT2D eigenvalue weighted by atomic mass is 16.4. The normalized spacial score (nSPS) is 11.7. The second kappa shape index (κ2) is 6.70. The van der Waals surface area contributed by atoms with Crippen molar-refractivity contribution < 1.29 is 19.5 Å². The van der Waals surface area contributed by atoms with E-state index in [1.807, 2.05) is 32.0 Å². The van der Waals surface area contributed by atoms with E-state index in [-0.39, 0.29) is 6.42 Å². The van der Waals surface area contributed by atoms with Crippen LogP contribution >= 0.6 is 0 Å². The molecule has 1 rings (SSSR count). The number of amides is 2. The van der Waals surface area contributed by atoms with Gasteiger partial charge in [0, 0.05) is 0 Å². The summed E-state index contributed by atoms with van der Waals surface area (Å²) in [5.74, 6) is -2.51. The van der Waals surface area contributed by atoms with Crippen molar-refractivity contribution in [2.75, 3.05) is 0 Å². The Morgan fingerprint density at radius 3 is 2.40 bits per heavy atom. The quantitative estimate of drug-likeness (QED) is 0.694. The van der Waals surface area contributed by atoms with Gasteiger partial charge in [-0.1, -0.05) is 18.2 Å². The fourth-order valence-corrected chi connectivity index (χ4v) is 1.75. The molecule has 0 saturated carbocycles. The van der Waals surface area contributed by atoms with Gasteiger partial charge in [-0.2, -0.15) is 0 Å². The number of carboxylic acids is 1. The average Bonchev–Trinajstić information content (AvgIpc) is 2.32. The van der Waals surface area contributed by atoms with Crippen LogP contribution in [0.5, 0.6) is 0 Å². The van der Waals surface area contributed by atoms with Crippen LogP contribution in [-0.4, -0.2) is 28.9 Å². The number of carboxylic acid groups (broad SMARTS) is 1. The molecule has 4 N–H and O–H groups in total. The maximum absolute atomic E-state index is 11.8. The van der Waals surface area contributed by atoms with Crippen LogP contribution in [0.4, 0.5) is 0 Å². The SMILES string of the molecule is Cc1ccc(CC(=O)N[C@H](CC(N)=O)C(=O)O)cc1C. The van der Waals surface area contributed by atoms with Gasteiger partial charge in [-0.05, 0) is 30.5 Å². The summed E-state index contributed by atoms with van der Waals surface area (Å²) in [5.41, 5.74) is 7.90. The summed E-state index contributed by atoms with van der Waals surface area (Å²) in [7, 11) is 0. The molecule has 0 saturated heterocycles. The van der Waals surface area contributed by atoms with Gasteiger partial charge in [-0.3, -0.25) is 9.59 Å². The maximum Gasteiger partial charge on any atom is 0.326 e. The van der Waals surface area contributed by atoms with E-state index in [0.717, 1.165) is 16.7 Å². The van der Waals surface area contributed by atoms with Crippen molar-refractivity contribution in [3.63, 3.8) is 0 Å². The van der Waals surface area contributed by atoms with Crippen molar-refractivity contribution in [3.8, 4) is 0 Å². The smallest absolute Gasteiger partial charge is 0.326 e. The lowest BCUT2D eigenvalue weighted by atomic mass is 10.0. The molecule has 0 unspecified atom stereocenters. The second-order valence-electron chi connectivity index (χ2n) is 4.72. The molecule has 0 fully saturated rings. The van der Waals surface area contributed by atoms with Gasteiger partial charge in [0.2, 0.25) is 11.8 Å². The molecule has 1 atom stereocenters. The molecule has 0 aliphatic rings. The first-order valence-corrected chi connectivity index (χ1v) is 6.16. The zero-order chi connectivity index (χ0) is 15.3. The highest BCUT2D eigenvalue weighted by Gasteiger charge is 2.22. The third kappa shape index (κ3) is 4.72. The van der Waals surface area contributed by atoms with Crippen LogP contribution in [0.25, 0.3) is 0 Å². The molecule has 0 aliphatic heterocycles. The molecule has 6 nitrogen and oxygen atoms in total. The standard InChI is InChI=1S/C14H18N2O4/c1-8-3-4-10(5-9(8)2)6-13(18)16-11(14(19)20)7-12(15)17/h3-5,11H,6-7H2,1-2H3,(H2,15,17)(H,16,18)(H,19,20)/t11-/m1/s1. The number of carbonyl (C=O) groups is 3. The van der Waals surface area contributed by atoms with Crippen LogP contribution in [0.2, 0.25) is 0 Å². The fraction of sp³-hybridized carbons (Fsp3) is 0.357. The van der Waals surface area contributed by atoms with E-state index >= 15 is 0 Å². The number of primary amides is 1. The van der Waals surface area contributed by atoms with E-state index in [1.54, 1.807) is 0 Å². The minimum absolute atomic E-state index is 0.0592. The number of hydrogen-bond donors (Lipinski definition) is 3. The Balaban J connectivity index is 2.67. The molecule has 0 bridgehead atoms. The Morgan fingerprint density at radius 1 is 1.25 bits per heavy atom. The van der Waals surface area contributed by atoms with Crippen LogP contribution in [0, 0.1) is 13.8 Å². The average molecular weight is 278 g/mol. The first-order chi connectivity index (χ1) is 9.29. The van der Waals surface area contributed by atoms with Crippen LogP contribution in [-0.2, 0) is 20.8 Å². The molecule has 2 amide bonds. The van der Waals surface area contributed by atoms with Crippen LogP contribution in [0.3, 0.4) is 0 Å². The van der Waals surface area contributed by atoms with Crippen molar-refractivity contribution in [3.05, 3.63) is 34.9 Å². The lowest BCUT2D eigenvalue weighted by Gasteiger charge is -2.13. The molecule has 0 radical (unpaired) electrons. The third-order valence-electron chi connectivity index (χ3n) is 2.97. The minimum Gasteiger partial charge on any atom is -0.480 e. The first-order valence-electron chi connectivity index (χ1n) is 6.16. The lowest BCUT2D eigenvalue weighted by molar-refractivity contribution is -0.143. The van der Waals surface area contributed by atoms with Gasteiger partial charge in [-0.15, -0.1) is 0 Å². The highest BCUT2D eigenvalue weighted by Crippen LogP contribution is 2.10. The number of nitrogens with two attached hydrogens (primary N) is 1. The van der Waals surface area contributed by atoms with Crippen LogP contribution in [0.1, 0.15) is 23.1 Å². The molecule has 0 aromatic heterocycles. The largest absolute Gasteiger partial charge is 0.480 e. The molecular weight excluding hydrogens is 260 g/mol. The first kappa shape index (κ1) is 15.7. The predicted molar refractivity (Wildman–Crippen MR) is 73.0 cm³/mol. The van der Waals surface area contributed by atoms with Crippen molar-refractivity contribution in [2.45, 2.75) is 32.7 Å². The summed E-state index contributed by atoms with van der Waals surface area (Å²) in [5, 5.41) is 11.2.